The van der Waals surface area contributed by atoms with Gasteiger partial charge in [0, 0.05) is 6.92 Å². The predicted octanol–water partition coefficient (Wildman–Crippen LogP) is 2.41. The van der Waals surface area contributed by atoms with Crippen molar-refractivity contribution in [2.45, 2.75) is 6.92 Å². The molecule has 0 aliphatic heterocycles. The molecule has 0 unspecified atom stereocenters. The van der Waals surface area contributed by atoms with Gasteiger partial charge in [-0.1, -0.05) is 0 Å². The van der Waals surface area contributed by atoms with Crippen LogP contribution in [-0.2, 0) is 4.79 Å². The molecule has 2 rings (SSSR count). The lowest BCUT2D eigenvalue weighted by Crippen LogP contribution is -2.07. The van der Waals surface area contributed by atoms with Gasteiger partial charge in [0.05, 0.1) is 14.0 Å². The molecule has 1 N–H and O–H groups in total. The first-order chi connectivity index (χ1) is 6.66. The molecule has 0 aromatic carbocycles. The number of nitrogens with zero attached hydrogens (tertiary/aromatic N) is 2. The van der Waals surface area contributed by atoms with E-state index in [4.69, 9.17) is 0 Å². The molecular formula is C8H6BrN3OS. The number of aromatic nitrogens is 2. The van der Waals surface area contributed by atoms with Gasteiger partial charge in [0.2, 0.25) is 5.91 Å². The third kappa shape index (κ3) is 1.76. The van der Waals surface area contributed by atoms with Crippen LogP contribution in [0.5, 0.6) is 0 Å². The highest BCUT2D eigenvalue weighted by molar-refractivity contribution is 9.11. The summed E-state index contributed by atoms with van der Waals surface area (Å²) in [6.07, 6.45) is 1.44. The normalized spacial score (nSPS) is 10.4. The van der Waals surface area contributed by atoms with Crippen LogP contribution in [0, 0.1) is 0 Å². The van der Waals surface area contributed by atoms with E-state index in [-0.39, 0.29) is 5.91 Å². The number of carbonyl (C=O) groups excluding carboxylic acids is 1. The van der Waals surface area contributed by atoms with Crippen LogP contribution in [0.25, 0.3) is 10.2 Å². The summed E-state index contributed by atoms with van der Waals surface area (Å²) in [5.74, 6) is 0.438. The van der Waals surface area contributed by atoms with Gasteiger partial charge in [0.1, 0.15) is 6.33 Å². The first-order valence-electron chi connectivity index (χ1n) is 3.84. The second-order valence-electron chi connectivity index (χ2n) is 2.67. The number of halogens is 1. The molecule has 0 saturated heterocycles. The lowest BCUT2D eigenvalue weighted by atomic mass is 10.4. The fourth-order valence-electron chi connectivity index (χ4n) is 1.08. The van der Waals surface area contributed by atoms with Crippen molar-refractivity contribution in [3.63, 3.8) is 0 Å². The molecule has 4 nitrogen and oxygen atoms in total. The number of rotatable bonds is 1. The van der Waals surface area contributed by atoms with E-state index in [9.17, 15) is 4.79 Å². The van der Waals surface area contributed by atoms with Gasteiger partial charge in [-0.25, -0.2) is 9.97 Å². The molecule has 1 amide bonds. The first-order valence-corrected chi connectivity index (χ1v) is 5.45. The summed E-state index contributed by atoms with van der Waals surface area (Å²) in [6.45, 7) is 1.45. The van der Waals surface area contributed by atoms with Crippen LogP contribution < -0.4 is 5.32 Å². The van der Waals surface area contributed by atoms with E-state index in [1.54, 1.807) is 0 Å². The van der Waals surface area contributed by atoms with Crippen LogP contribution in [0.15, 0.2) is 16.2 Å². The topological polar surface area (TPSA) is 54.9 Å². The zero-order chi connectivity index (χ0) is 10.1. The van der Waals surface area contributed by atoms with Crippen molar-refractivity contribution in [1.29, 1.82) is 0 Å². The average molecular weight is 272 g/mol. The zero-order valence-corrected chi connectivity index (χ0v) is 9.65. The molecule has 0 fully saturated rings. The van der Waals surface area contributed by atoms with E-state index in [2.05, 4.69) is 31.2 Å². The Labute approximate surface area is 92.5 Å². The monoisotopic (exact) mass is 271 g/mol. The molecule has 0 radical (unpaired) electrons. The maximum absolute atomic E-state index is 10.9. The Balaban J connectivity index is 2.58. The van der Waals surface area contributed by atoms with Crippen molar-refractivity contribution in [2.75, 3.05) is 5.32 Å². The summed E-state index contributed by atoms with van der Waals surface area (Å²) >= 11 is 4.86. The molecule has 14 heavy (non-hydrogen) atoms. The van der Waals surface area contributed by atoms with Crippen molar-refractivity contribution in [1.82, 2.24) is 9.97 Å². The quantitative estimate of drug-likeness (QED) is 0.867. The van der Waals surface area contributed by atoms with E-state index < -0.39 is 0 Å². The Morgan fingerprint density at radius 3 is 3.07 bits per heavy atom. The third-order valence-electron chi connectivity index (χ3n) is 1.58. The Morgan fingerprint density at radius 1 is 1.57 bits per heavy atom. The van der Waals surface area contributed by atoms with Crippen molar-refractivity contribution < 1.29 is 4.79 Å². The van der Waals surface area contributed by atoms with Crippen molar-refractivity contribution >= 4 is 49.2 Å². The molecule has 2 aromatic heterocycles. The molecule has 0 saturated carbocycles. The Hall–Kier alpha value is -1.01. The summed E-state index contributed by atoms with van der Waals surface area (Å²) in [4.78, 5) is 19.0. The van der Waals surface area contributed by atoms with Gasteiger partial charge in [-0.3, -0.25) is 4.79 Å². The fraction of sp³-hybridized carbons (Fsp3) is 0.125. The molecule has 0 aliphatic carbocycles. The number of nitrogens with one attached hydrogen (secondary N) is 1. The summed E-state index contributed by atoms with van der Waals surface area (Å²) in [6, 6.07) is 1.90. The van der Waals surface area contributed by atoms with Gasteiger partial charge < -0.3 is 5.32 Å². The minimum Gasteiger partial charge on any atom is -0.310 e. The third-order valence-corrected chi connectivity index (χ3v) is 3.21. The van der Waals surface area contributed by atoms with Gasteiger partial charge >= 0.3 is 0 Å². The van der Waals surface area contributed by atoms with Crippen LogP contribution in [0.4, 0.5) is 5.82 Å². The predicted molar refractivity (Wildman–Crippen MR) is 59.4 cm³/mol. The van der Waals surface area contributed by atoms with Gasteiger partial charge in [-0.2, -0.15) is 0 Å². The molecule has 0 atom stereocenters. The highest BCUT2D eigenvalue weighted by Gasteiger charge is 2.07. The second kappa shape index (κ2) is 3.62. The standard InChI is InChI=1S/C8H6BrN3OS/c1-4(13)12-8-7-5(10-3-11-8)2-6(9)14-7/h2-3H,1H3,(H,10,11,12,13). The largest absolute Gasteiger partial charge is 0.310 e. The maximum Gasteiger partial charge on any atom is 0.222 e. The number of anilines is 1. The van der Waals surface area contributed by atoms with E-state index in [0.717, 1.165) is 14.0 Å². The molecule has 0 aliphatic rings. The lowest BCUT2D eigenvalue weighted by Gasteiger charge is -2.00. The molecule has 2 aromatic rings. The minimum absolute atomic E-state index is 0.130. The minimum atomic E-state index is -0.130. The first kappa shape index (κ1) is 9.54. The molecule has 6 heteroatoms. The number of amides is 1. The molecule has 0 spiro atoms. The molecule has 2 heterocycles. The molecular weight excluding hydrogens is 266 g/mol. The van der Waals surface area contributed by atoms with Crippen molar-refractivity contribution in [3.05, 3.63) is 16.2 Å². The molecule has 72 valence electrons. The number of thiophene rings is 1. The lowest BCUT2D eigenvalue weighted by molar-refractivity contribution is -0.114. The smallest absolute Gasteiger partial charge is 0.222 e. The van der Waals surface area contributed by atoms with E-state index >= 15 is 0 Å². The number of fused-ring (bicyclic) bond motifs is 1. The van der Waals surface area contributed by atoms with Gasteiger partial charge in [-0.05, 0) is 22.0 Å². The summed E-state index contributed by atoms with van der Waals surface area (Å²) in [5.41, 5.74) is 0.834. The maximum atomic E-state index is 10.9. The van der Waals surface area contributed by atoms with Gasteiger partial charge in [-0.15, -0.1) is 11.3 Å². The summed E-state index contributed by atoms with van der Waals surface area (Å²) in [7, 11) is 0. The number of carbonyl (C=O) groups is 1. The van der Waals surface area contributed by atoms with Crippen LogP contribution >= 0.6 is 27.3 Å². The summed E-state index contributed by atoms with van der Waals surface area (Å²) in [5, 5.41) is 2.66. The van der Waals surface area contributed by atoms with Crippen LogP contribution in [0.3, 0.4) is 0 Å². The zero-order valence-electron chi connectivity index (χ0n) is 7.24. The Morgan fingerprint density at radius 2 is 2.36 bits per heavy atom. The van der Waals surface area contributed by atoms with Gasteiger partial charge in [0.25, 0.3) is 0 Å². The highest BCUT2D eigenvalue weighted by Crippen LogP contribution is 2.32. The Bertz CT molecular complexity index is 496. The van der Waals surface area contributed by atoms with E-state index in [1.807, 2.05) is 6.07 Å². The second-order valence-corrected chi connectivity index (χ2v) is 5.10. The van der Waals surface area contributed by atoms with Crippen molar-refractivity contribution in [3.8, 4) is 0 Å². The average Bonchev–Trinajstić information content (AvgIpc) is 2.45. The van der Waals surface area contributed by atoms with Crippen LogP contribution in [0.2, 0.25) is 0 Å². The van der Waals surface area contributed by atoms with Crippen LogP contribution in [0.1, 0.15) is 6.92 Å². The van der Waals surface area contributed by atoms with E-state index in [1.165, 1.54) is 24.6 Å². The summed E-state index contributed by atoms with van der Waals surface area (Å²) < 4.78 is 1.86. The van der Waals surface area contributed by atoms with Crippen molar-refractivity contribution in [2.24, 2.45) is 0 Å². The highest BCUT2D eigenvalue weighted by atomic mass is 79.9. The van der Waals surface area contributed by atoms with Crippen LogP contribution in [-0.4, -0.2) is 15.9 Å². The number of hydrogen-bond acceptors (Lipinski definition) is 4. The number of hydrogen-bond donors (Lipinski definition) is 1. The Kier molecular flexibility index (Phi) is 2.47. The molecule has 0 bridgehead atoms. The van der Waals surface area contributed by atoms with Gasteiger partial charge in [0.15, 0.2) is 5.82 Å². The fourth-order valence-corrected chi connectivity index (χ4v) is 2.57. The SMILES string of the molecule is CC(=O)Nc1ncnc2cc(Br)sc12. The van der Waals surface area contributed by atoms with E-state index in [0.29, 0.717) is 5.82 Å².